The van der Waals surface area contributed by atoms with Gasteiger partial charge in [0.15, 0.2) is 4.67 Å². The summed E-state index contributed by atoms with van der Waals surface area (Å²) in [5.41, 5.74) is 1.89. The molecule has 0 aromatic carbocycles. The summed E-state index contributed by atoms with van der Waals surface area (Å²) in [6, 6.07) is 1.77. The minimum absolute atomic E-state index is 0.0515. The number of aromatic nitrogens is 1. The lowest BCUT2D eigenvalue weighted by atomic mass is 9.93. The Morgan fingerprint density at radius 1 is 1.50 bits per heavy atom. The molecule has 0 saturated carbocycles. The quantitative estimate of drug-likeness (QED) is 0.923. The molecule has 2 rings (SSSR count). The van der Waals surface area contributed by atoms with Crippen LogP contribution in [0.15, 0.2) is 26.8 Å². The molecule has 1 N–H and O–H groups in total. The SMILES string of the molecule is CC(C)(C)c1csc(CC(O)c2ccoc2Br)n1. The molecule has 3 nitrogen and oxygen atoms in total. The molecule has 0 radical (unpaired) electrons. The zero-order valence-electron chi connectivity index (χ0n) is 10.6. The molecule has 2 aromatic heterocycles. The highest BCUT2D eigenvalue weighted by atomic mass is 79.9. The molecule has 18 heavy (non-hydrogen) atoms. The zero-order chi connectivity index (χ0) is 13.3. The molecule has 0 aliphatic carbocycles. The van der Waals surface area contributed by atoms with Crippen molar-refractivity contribution in [1.82, 2.24) is 4.98 Å². The second-order valence-corrected chi connectivity index (χ2v) is 6.91. The largest absolute Gasteiger partial charge is 0.457 e. The van der Waals surface area contributed by atoms with E-state index in [9.17, 15) is 5.11 Å². The monoisotopic (exact) mass is 329 g/mol. The van der Waals surface area contributed by atoms with Gasteiger partial charge in [0.25, 0.3) is 0 Å². The van der Waals surface area contributed by atoms with E-state index >= 15 is 0 Å². The summed E-state index contributed by atoms with van der Waals surface area (Å²) in [4.78, 5) is 4.57. The Labute approximate surface area is 119 Å². The van der Waals surface area contributed by atoms with Crippen molar-refractivity contribution in [3.05, 3.63) is 38.6 Å². The number of furan rings is 1. The molecule has 2 heterocycles. The minimum atomic E-state index is -0.586. The molecule has 0 bridgehead atoms. The maximum Gasteiger partial charge on any atom is 0.174 e. The van der Waals surface area contributed by atoms with Gasteiger partial charge in [-0.05, 0) is 22.0 Å². The van der Waals surface area contributed by atoms with Crippen molar-refractivity contribution in [3.8, 4) is 0 Å². The maximum absolute atomic E-state index is 10.1. The Kier molecular flexibility index (Phi) is 3.94. The van der Waals surface area contributed by atoms with Crippen LogP contribution in [0, 0.1) is 0 Å². The molecule has 0 spiro atoms. The fourth-order valence-electron chi connectivity index (χ4n) is 1.57. The summed E-state index contributed by atoms with van der Waals surface area (Å²) >= 11 is 4.86. The van der Waals surface area contributed by atoms with E-state index in [0.717, 1.165) is 16.3 Å². The smallest absolute Gasteiger partial charge is 0.174 e. The Morgan fingerprint density at radius 3 is 2.72 bits per heavy atom. The molecule has 2 aromatic rings. The predicted octanol–water partition coefficient (Wildman–Crippen LogP) is 4.07. The molecule has 0 aliphatic heterocycles. The molecule has 0 saturated heterocycles. The van der Waals surface area contributed by atoms with Crippen LogP contribution in [0.4, 0.5) is 0 Å². The number of thiazole rings is 1. The summed E-state index contributed by atoms with van der Waals surface area (Å²) in [6.07, 6.45) is 1.49. The van der Waals surface area contributed by atoms with Crippen molar-refractivity contribution in [1.29, 1.82) is 0 Å². The van der Waals surface area contributed by atoms with Crippen molar-refractivity contribution in [3.63, 3.8) is 0 Å². The third-order valence-corrected chi connectivity index (χ3v) is 4.21. The highest BCUT2D eigenvalue weighted by molar-refractivity contribution is 9.10. The van der Waals surface area contributed by atoms with Gasteiger partial charge in [0.1, 0.15) is 0 Å². The number of aliphatic hydroxyl groups excluding tert-OH is 1. The Hall–Kier alpha value is -0.650. The van der Waals surface area contributed by atoms with Gasteiger partial charge in [-0.25, -0.2) is 4.98 Å². The Balaban J connectivity index is 2.11. The van der Waals surface area contributed by atoms with Gasteiger partial charge in [-0.2, -0.15) is 0 Å². The minimum Gasteiger partial charge on any atom is -0.457 e. The molecule has 0 amide bonds. The third-order valence-electron chi connectivity index (χ3n) is 2.69. The van der Waals surface area contributed by atoms with Crippen LogP contribution in [-0.4, -0.2) is 10.1 Å². The highest BCUT2D eigenvalue weighted by Gasteiger charge is 2.20. The summed E-state index contributed by atoms with van der Waals surface area (Å²) in [7, 11) is 0. The fourth-order valence-corrected chi connectivity index (χ4v) is 3.13. The van der Waals surface area contributed by atoms with Gasteiger partial charge in [0.05, 0.1) is 23.1 Å². The van der Waals surface area contributed by atoms with Crippen molar-refractivity contribution >= 4 is 27.3 Å². The van der Waals surface area contributed by atoms with Crippen molar-refractivity contribution in [2.24, 2.45) is 0 Å². The first-order valence-electron chi connectivity index (χ1n) is 5.74. The van der Waals surface area contributed by atoms with Crippen LogP contribution >= 0.6 is 27.3 Å². The lowest BCUT2D eigenvalue weighted by molar-refractivity contribution is 0.176. The van der Waals surface area contributed by atoms with Crippen LogP contribution in [0.2, 0.25) is 0 Å². The topological polar surface area (TPSA) is 46.3 Å². The molecule has 98 valence electrons. The number of aliphatic hydroxyl groups is 1. The molecular weight excluding hydrogens is 314 g/mol. The van der Waals surface area contributed by atoms with Gasteiger partial charge in [-0.3, -0.25) is 0 Å². The molecular formula is C13H16BrNO2S. The molecule has 1 unspecified atom stereocenters. The standard InChI is InChI=1S/C13H16BrNO2S/c1-13(2,3)10-7-18-11(15-10)6-9(16)8-4-5-17-12(8)14/h4-5,7,9,16H,6H2,1-3H3. The van der Waals surface area contributed by atoms with Gasteiger partial charge in [0, 0.05) is 22.8 Å². The number of hydrogen-bond donors (Lipinski definition) is 1. The van der Waals surface area contributed by atoms with Crippen LogP contribution in [0.3, 0.4) is 0 Å². The van der Waals surface area contributed by atoms with E-state index < -0.39 is 6.10 Å². The molecule has 0 aliphatic rings. The summed E-state index contributed by atoms with van der Waals surface area (Å²) < 4.78 is 5.71. The second-order valence-electron chi connectivity index (χ2n) is 5.25. The second kappa shape index (κ2) is 5.15. The summed E-state index contributed by atoms with van der Waals surface area (Å²) in [5.74, 6) is 0. The van der Waals surface area contributed by atoms with Gasteiger partial charge < -0.3 is 9.52 Å². The van der Waals surface area contributed by atoms with Crippen LogP contribution in [0.1, 0.15) is 43.1 Å². The van der Waals surface area contributed by atoms with Crippen LogP contribution < -0.4 is 0 Å². The van der Waals surface area contributed by atoms with Crippen molar-refractivity contribution in [2.75, 3.05) is 0 Å². The number of hydrogen-bond acceptors (Lipinski definition) is 4. The lowest BCUT2D eigenvalue weighted by Gasteiger charge is -2.14. The first-order valence-corrected chi connectivity index (χ1v) is 7.41. The summed E-state index contributed by atoms with van der Waals surface area (Å²) in [5, 5.41) is 13.1. The van der Waals surface area contributed by atoms with E-state index in [1.807, 2.05) is 0 Å². The van der Waals surface area contributed by atoms with Gasteiger partial charge in [0.2, 0.25) is 0 Å². The van der Waals surface area contributed by atoms with Crippen LogP contribution in [0.25, 0.3) is 0 Å². The third kappa shape index (κ3) is 3.02. The van der Waals surface area contributed by atoms with Gasteiger partial charge >= 0.3 is 0 Å². The fraction of sp³-hybridized carbons (Fsp3) is 0.462. The van der Waals surface area contributed by atoms with E-state index in [0.29, 0.717) is 11.1 Å². The molecule has 0 fully saturated rings. The van der Waals surface area contributed by atoms with E-state index in [1.54, 1.807) is 23.7 Å². The lowest BCUT2D eigenvalue weighted by Crippen LogP contribution is -2.11. The first-order chi connectivity index (χ1) is 8.38. The van der Waals surface area contributed by atoms with E-state index in [2.05, 4.69) is 47.1 Å². The average Bonchev–Trinajstić information content (AvgIpc) is 2.85. The Bertz CT molecular complexity index is 527. The number of rotatable bonds is 3. The zero-order valence-corrected chi connectivity index (χ0v) is 13.0. The average molecular weight is 330 g/mol. The normalized spacial score (nSPS) is 13.8. The van der Waals surface area contributed by atoms with Crippen molar-refractivity contribution in [2.45, 2.75) is 38.7 Å². The van der Waals surface area contributed by atoms with E-state index in [-0.39, 0.29) is 5.41 Å². The van der Waals surface area contributed by atoms with Gasteiger partial charge in [-0.1, -0.05) is 20.8 Å². The van der Waals surface area contributed by atoms with Crippen molar-refractivity contribution < 1.29 is 9.52 Å². The predicted molar refractivity (Wildman–Crippen MR) is 75.9 cm³/mol. The van der Waals surface area contributed by atoms with Gasteiger partial charge in [-0.15, -0.1) is 11.3 Å². The molecule has 5 heteroatoms. The Morgan fingerprint density at radius 2 is 2.22 bits per heavy atom. The van der Waals surface area contributed by atoms with Crippen LogP contribution in [0.5, 0.6) is 0 Å². The summed E-state index contributed by atoms with van der Waals surface area (Å²) in [6.45, 7) is 6.40. The van der Waals surface area contributed by atoms with E-state index in [1.165, 1.54) is 0 Å². The first kappa shape index (κ1) is 13.8. The number of halogens is 1. The number of nitrogens with zero attached hydrogens (tertiary/aromatic N) is 1. The van der Waals surface area contributed by atoms with Crippen LogP contribution in [-0.2, 0) is 11.8 Å². The highest BCUT2D eigenvalue weighted by Crippen LogP contribution is 2.29. The van der Waals surface area contributed by atoms with E-state index in [4.69, 9.17) is 4.42 Å². The maximum atomic E-state index is 10.1. The molecule has 1 atom stereocenters.